The number of hydrogen-bond acceptors (Lipinski definition) is 8. The number of pyridine rings is 1. The van der Waals surface area contributed by atoms with E-state index in [1.54, 1.807) is 37.4 Å². The summed E-state index contributed by atoms with van der Waals surface area (Å²) in [6.07, 6.45) is 1.55. The first-order chi connectivity index (χ1) is 13.8. The van der Waals surface area contributed by atoms with E-state index < -0.39 is 10.0 Å². The van der Waals surface area contributed by atoms with Crippen molar-refractivity contribution in [2.24, 2.45) is 5.73 Å². The number of nitrogens with two attached hydrogens (primary N) is 1. The lowest BCUT2D eigenvalue weighted by Gasteiger charge is -2.12. The quantitative estimate of drug-likeness (QED) is 0.520. The molecule has 9 nitrogen and oxygen atoms in total. The maximum absolute atomic E-state index is 12.7. The summed E-state index contributed by atoms with van der Waals surface area (Å²) in [7, 11) is -2.42. The number of carbonyl (C=O) groups excluding carboxylic acids is 1. The van der Waals surface area contributed by atoms with Crippen LogP contribution in [0.3, 0.4) is 0 Å². The Morgan fingerprint density at radius 2 is 2.00 bits per heavy atom. The lowest BCUT2D eigenvalue weighted by Crippen LogP contribution is -2.21. The fourth-order valence-corrected chi connectivity index (χ4v) is 4.54. The number of aromatic nitrogens is 2. The first kappa shape index (κ1) is 20.7. The summed E-state index contributed by atoms with van der Waals surface area (Å²) in [6.45, 7) is 1.63. The van der Waals surface area contributed by atoms with Crippen LogP contribution in [-0.2, 0) is 14.8 Å². The minimum absolute atomic E-state index is 0.119. The molecular formula is C18H19N5O4S2. The van der Waals surface area contributed by atoms with Gasteiger partial charge in [0.25, 0.3) is 10.0 Å². The van der Waals surface area contributed by atoms with Gasteiger partial charge < -0.3 is 15.8 Å². The highest BCUT2D eigenvalue weighted by molar-refractivity contribution is 7.92. The predicted molar refractivity (Wildman–Crippen MR) is 112 cm³/mol. The number of sulfonamides is 1. The Hall–Kier alpha value is -3.02. The smallest absolute Gasteiger partial charge is 0.262 e. The van der Waals surface area contributed by atoms with Gasteiger partial charge in [0.05, 0.1) is 29.1 Å². The second-order valence-electron chi connectivity index (χ2n) is 5.89. The van der Waals surface area contributed by atoms with Crippen molar-refractivity contribution in [2.75, 3.05) is 23.7 Å². The molecule has 1 amide bonds. The number of rotatable bonds is 7. The summed E-state index contributed by atoms with van der Waals surface area (Å²) in [4.78, 5) is 20.8. The van der Waals surface area contributed by atoms with Crippen molar-refractivity contribution < 1.29 is 17.9 Å². The molecule has 2 aromatic heterocycles. The fraction of sp³-hybridized carbons (Fsp3) is 0.167. The average molecular weight is 434 g/mol. The molecule has 0 bridgehead atoms. The van der Waals surface area contributed by atoms with Crippen molar-refractivity contribution in [3.05, 3.63) is 48.3 Å². The minimum atomic E-state index is -3.82. The molecule has 0 atom stereocenters. The van der Waals surface area contributed by atoms with Crippen molar-refractivity contribution in [3.8, 4) is 16.3 Å². The van der Waals surface area contributed by atoms with Gasteiger partial charge in [-0.2, -0.15) is 0 Å². The predicted octanol–water partition coefficient (Wildman–Crippen LogP) is 2.22. The molecule has 0 aliphatic rings. The zero-order chi connectivity index (χ0) is 21.0. The molecule has 3 aromatic rings. The van der Waals surface area contributed by atoms with Gasteiger partial charge in [0.15, 0.2) is 5.13 Å². The Morgan fingerprint density at radius 1 is 1.28 bits per heavy atom. The molecule has 0 unspecified atom stereocenters. The highest BCUT2D eigenvalue weighted by Crippen LogP contribution is 2.36. The highest BCUT2D eigenvalue weighted by Gasteiger charge is 2.19. The van der Waals surface area contributed by atoms with Gasteiger partial charge in [0.1, 0.15) is 5.69 Å². The monoisotopic (exact) mass is 433 g/mol. The number of thiazole rings is 1. The normalized spacial score (nSPS) is 11.1. The molecule has 2 heterocycles. The number of nitrogens with zero attached hydrogens (tertiary/aromatic N) is 2. The number of ether oxygens (including phenoxy) is 1. The van der Waals surface area contributed by atoms with Crippen LogP contribution in [0.15, 0.2) is 47.5 Å². The number of methoxy groups -OCH3 is 1. The Morgan fingerprint density at radius 3 is 2.66 bits per heavy atom. The van der Waals surface area contributed by atoms with Gasteiger partial charge in [-0.3, -0.25) is 9.52 Å². The maximum atomic E-state index is 12.7. The summed E-state index contributed by atoms with van der Waals surface area (Å²) >= 11 is 1.24. The highest BCUT2D eigenvalue weighted by atomic mass is 32.2. The van der Waals surface area contributed by atoms with E-state index in [1.807, 2.05) is 0 Å². The third kappa shape index (κ3) is 4.70. The molecule has 0 fully saturated rings. The molecule has 0 radical (unpaired) electrons. The van der Waals surface area contributed by atoms with E-state index in [9.17, 15) is 13.2 Å². The molecule has 0 saturated heterocycles. The van der Waals surface area contributed by atoms with Crippen LogP contribution in [0, 0.1) is 6.92 Å². The van der Waals surface area contributed by atoms with Crippen LogP contribution in [0.25, 0.3) is 10.4 Å². The molecule has 3 rings (SSSR count). The Kier molecular flexibility index (Phi) is 6.11. The third-order valence-corrected chi connectivity index (χ3v) is 6.34. The van der Waals surface area contributed by atoms with Gasteiger partial charge in [-0.1, -0.05) is 29.5 Å². The first-order valence-corrected chi connectivity index (χ1v) is 10.7. The zero-order valence-electron chi connectivity index (χ0n) is 15.7. The molecule has 0 aliphatic carbocycles. The van der Waals surface area contributed by atoms with Gasteiger partial charge in [0, 0.05) is 11.8 Å². The number of anilines is 2. The Labute approximate surface area is 172 Å². The van der Waals surface area contributed by atoms with E-state index in [0.29, 0.717) is 16.4 Å². The molecule has 29 heavy (non-hydrogen) atoms. The number of nitrogens with one attached hydrogen (secondary N) is 2. The summed E-state index contributed by atoms with van der Waals surface area (Å²) in [5.74, 6) is -0.221. The van der Waals surface area contributed by atoms with E-state index in [0.717, 1.165) is 4.88 Å². The molecular weight excluding hydrogens is 414 g/mol. The van der Waals surface area contributed by atoms with Crippen LogP contribution < -0.4 is 20.5 Å². The number of amides is 1. The molecule has 152 valence electrons. The van der Waals surface area contributed by atoms with Crippen molar-refractivity contribution in [2.45, 2.75) is 11.8 Å². The van der Waals surface area contributed by atoms with Gasteiger partial charge in [-0.05, 0) is 25.1 Å². The van der Waals surface area contributed by atoms with Crippen LogP contribution in [0.2, 0.25) is 0 Å². The standard InChI is InChI=1S/C18H19N5O4S2/c1-11-16(28-18(21-11)22-15(24)9-19)12-8-14(17(27-2)20-10-12)23-29(25,26)13-6-4-3-5-7-13/h3-8,10,23H,9,19H2,1-2H3,(H,21,22,24). The zero-order valence-corrected chi connectivity index (χ0v) is 17.3. The molecule has 0 aliphatic heterocycles. The molecule has 11 heteroatoms. The van der Waals surface area contributed by atoms with Crippen LogP contribution in [-0.4, -0.2) is 37.9 Å². The molecule has 0 spiro atoms. The van der Waals surface area contributed by atoms with Gasteiger partial charge >= 0.3 is 0 Å². The first-order valence-electron chi connectivity index (χ1n) is 8.43. The van der Waals surface area contributed by atoms with Crippen LogP contribution in [0.4, 0.5) is 10.8 Å². The molecule has 0 saturated carbocycles. The van der Waals surface area contributed by atoms with E-state index in [-0.39, 0.29) is 28.9 Å². The Bertz CT molecular complexity index is 1130. The second-order valence-corrected chi connectivity index (χ2v) is 8.57. The lowest BCUT2D eigenvalue weighted by molar-refractivity contribution is -0.114. The maximum Gasteiger partial charge on any atom is 0.262 e. The topological polar surface area (TPSA) is 136 Å². The number of aryl methyl sites for hydroxylation is 1. The second kappa shape index (κ2) is 8.55. The fourth-order valence-electron chi connectivity index (χ4n) is 2.50. The molecule has 1 aromatic carbocycles. The SMILES string of the molecule is COc1ncc(-c2sc(NC(=O)CN)nc2C)cc1NS(=O)(=O)c1ccccc1. The van der Waals surface area contributed by atoms with Crippen LogP contribution >= 0.6 is 11.3 Å². The van der Waals surface area contributed by atoms with E-state index in [2.05, 4.69) is 20.0 Å². The summed E-state index contributed by atoms with van der Waals surface area (Å²) in [6, 6.07) is 9.60. The van der Waals surface area contributed by atoms with Crippen LogP contribution in [0.5, 0.6) is 5.88 Å². The van der Waals surface area contributed by atoms with Gasteiger partial charge in [-0.15, -0.1) is 0 Å². The van der Waals surface area contributed by atoms with E-state index in [1.165, 1.54) is 30.6 Å². The largest absolute Gasteiger partial charge is 0.480 e. The minimum Gasteiger partial charge on any atom is -0.480 e. The van der Waals surface area contributed by atoms with E-state index >= 15 is 0 Å². The van der Waals surface area contributed by atoms with E-state index in [4.69, 9.17) is 10.5 Å². The Balaban J connectivity index is 1.97. The summed E-state index contributed by atoms with van der Waals surface area (Å²) in [5, 5.41) is 3.00. The van der Waals surface area contributed by atoms with Gasteiger partial charge in [-0.25, -0.2) is 18.4 Å². The summed E-state index contributed by atoms with van der Waals surface area (Å²) < 4.78 is 33.1. The van der Waals surface area contributed by atoms with Crippen molar-refractivity contribution in [1.82, 2.24) is 9.97 Å². The van der Waals surface area contributed by atoms with Crippen molar-refractivity contribution in [1.29, 1.82) is 0 Å². The van der Waals surface area contributed by atoms with Gasteiger partial charge in [0.2, 0.25) is 11.8 Å². The molecule has 4 N–H and O–H groups in total. The number of benzene rings is 1. The third-order valence-electron chi connectivity index (χ3n) is 3.83. The van der Waals surface area contributed by atoms with Crippen molar-refractivity contribution >= 4 is 38.1 Å². The van der Waals surface area contributed by atoms with Crippen LogP contribution in [0.1, 0.15) is 5.69 Å². The van der Waals surface area contributed by atoms with Crippen molar-refractivity contribution in [3.63, 3.8) is 0 Å². The number of carbonyl (C=O) groups is 1. The number of hydrogen-bond donors (Lipinski definition) is 3. The lowest BCUT2D eigenvalue weighted by atomic mass is 10.2. The average Bonchev–Trinajstić information content (AvgIpc) is 3.08. The summed E-state index contributed by atoms with van der Waals surface area (Å²) in [5.41, 5.74) is 6.78.